The van der Waals surface area contributed by atoms with Crippen molar-refractivity contribution in [3.63, 3.8) is 0 Å². The van der Waals surface area contributed by atoms with E-state index in [1.165, 1.54) is 0 Å². The fourth-order valence-electron chi connectivity index (χ4n) is 3.82. The minimum atomic E-state index is -0.566. The summed E-state index contributed by atoms with van der Waals surface area (Å²) in [5.41, 5.74) is 0.556. The summed E-state index contributed by atoms with van der Waals surface area (Å²) in [6, 6.07) is 6.04. The third-order valence-corrected chi connectivity index (χ3v) is 5.61. The van der Waals surface area contributed by atoms with Crippen LogP contribution in [-0.4, -0.2) is 52.0 Å². The highest BCUT2D eigenvalue weighted by atomic mass is 16.5. The molecule has 0 aliphatic carbocycles. The summed E-state index contributed by atoms with van der Waals surface area (Å²) in [5.74, 6) is 1.86. The van der Waals surface area contributed by atoms with Crippen LogP contribution in [0.25, 0.3) is 0 Å². The average molecular weight is 373 g/mol. The predicted octanol–water partition coefficient (Wildman–Crippen LogP) is 2.95. The highest BCUT2D eigenvalue weighted by molar-refractivity contribution is 5.46. The first-order valence-electron chi connectivity index (χ1n) is 9.72. The molecule has 0 saturated carbocycles. The molecule has 0 radical (unpaired) electrons. The van der Waals surface area contributed by atoms with E-state index in [2.05, 4.69) is 22.9 Å². The Morgan fingerprint density at radius 2 is 2.22 bits per heavy atom. The van der Waals surface area contributed by atoms with Crippen LogP contribution < -0.4 is 9.47 Å². The molecular weight excluding hydrogens is 342 g/mol. The Kier molecular flexibility index (Phi) is 6.39. The number of nitrogens with zero attached hydrogens (tertiary/aromatic N) is 3. The molecule has 6 nitrogen and oxygen atoms in total. The van der Waals surface area contributed by atoms with Crippen molar-refractivity contribution in [2.24, 2.45) is 5.92 Å². The molecule has 1 aliphatic rings. The highest BCUT2D eigenvalue weighted by Gasteiger charge is 2.36. The first-order valence-corrected chi connectivity index (χ1v) is 9.72. The zero-order valence-electron chi connectivity index (χ0n) is 16.6. The van der Waals surface area contributed by atoms with Crippen molar-refractivity contribution in [2.45, 2.75) is 45.4 Å². The van der Waals surface area contributed by atoms with E-state index in [9.17, 15) is 5.11 Å². The van der Waals surface area contributed by atoms with Crippen LogP contribution in [0.2, 0.25) is 0 Å². The topological polar surface area (TPSA) is 59.8 Å². The monoisotopic (exact) mass is 373 g/mol. The van der Waals surface area contributed by atoms with Gasteiger partial charge in [-0.15, -0.1) is 0 Å². The van der Waals surface area contributed by atoms with Gasteiger partial charge in [0.1, 0.15) is 6.61 Å². The van der Waals surface area contributed by atoms with Gasteiger partial charge >= 0.3 is 0 Å². The lowest BCUT2D eigenvalue weighted by Gasteiger charge is -2.42. The lowest BCUT2D eigenvalue weighted by Crippen LogP contribution is -2.49. The molecule has 6 heteroatoms. The maximum Gasteiger partial charge on any atom is 0.165 e. The lowest BCUT2D eigenvalue weighted by atomic mass is 9.81. The van der Waals surface area contributed by atoms with Gasteiger partial charge in [-0.05, 0) is 31.7 Å². The van der Waals surface area contributed by atoms with Crippen LogP contribution in [-0.2, 0) is 13.1 Å². The number of likely N-dealkylation sites (tertiary alicyclic amines) is 1. The molecule has 1 aromatic heterocycles. The number of aromatic nitrogens is 2. The van der Waals surface area contributed by atoms with Crippen LogP contribution in [0.1, 0.15) is 32.3 Å². The maximum absolute atomic E-state index is 10.6. The van der Waals surface area contributed by atoms with E-state index in [1.54, 1.807) is 19.6 Å². The molecule has 1 saturated heterocycles. The zero-order chi connectivity index (χ0) is 19.3. The molecule has 1 aromatic carbocycles. The second-order valence-corrected chi connectivity index (χ2v) is 7.54. The Morgan fingerprint density at radius 1 is 1.37 bits per heavy atom. The van der Waals surface area contributed by atoms with Gasteiger partial charge in [-0.1, -0.05) is 19.1 Å². The molecule has 0 bridgehead atoms. The van der Waals surface area contributed by atoms with Crippen LogP contribution in [0.3, 0.4) is 0 Å². The van der Waals surface area contributed by atoms with Crippen molar-refractivity contribution >= 4 is 0 Å². The van der Waals surface area contributed by atoms with E-state index in [-0.39, 0.29) is 0 Å². The molecule has 148 valence electrons. The number of ether oxygens (including phenoxy) is 2. The molecular formula is C21H31N3O3. The normalized spacial score (nSPS) is 23.3. The zero-order valence-corrected chi connectivity index (χ0v) is 16.6. The van der Waals surface area contributed by atoms with E-state index in [4.69, 9.17) is 9.47 Å². The van der Waals surface area contributed by atoms with Crippen LogP contribution in [0.15, 0.2) is 36.9 Å². The molecule has 0 unspecified atom stereocenters. The fraction of sp³-hybridized carbons (Fsp3) is 0.571. The van der Waals surface area contributed by atoms with Gasteiger partial charge in [0.2, 0.25) is 0 Å². The van der Waals surface area contributed by atoms with Crippen molar-refractivity contribution in [2.75, 3.05) is 26.8 Å². The summed E-state index contributed by atoms with van der Waals surface area (Å²) < 4.78 is 13.6. The second kappa shape index (κ2) is 8.76. The van der Waals surface area contributed by atoms with Crippen LogP contribution in [0.4, 0.5) is 0 Å². The van der Waals surface area contributed by atoms with Gasteiger partial charge < -0.3 is 19.1 Å². The van der Waals surface area contributed by atoms with Crippen molar-refractivity contribution < 1.29 is 14.6 Å². The summed E-state index contributed by atoms with van der Waals surface area (Å²) >= 11 is 0. The maximum atomic E-state index is 10.6. The summed E-state index contributed by atoms with van der Waals surface area (Å²) in [6.07, 6.45) is 7.26. The van der Waals surface area contributed by atoms with E-state index < -0.39 is 5.60 Å². The molecule has 1 N–H and O–H groups in total. The average Bonchev–Trinajstić information content (AvgIpc) is 3.17. The molecule has 2 atom stereocenters. The molecule has 0 amide bonds. The lowest BCUT2D eigenvalue weighted by molar-refractivity contribution is -0.0609. The summed E-state index contributed by atoms with van der Waals surface area (Å²) in [4.78, 5) is 6.47. The largest absolute Gasteiger partial charge is 0.493 e. The molecule has 1 aliphatic heterocycles. The number of aliphatic hydroxyl groups is 1. The number of methoxy groups -OCH3 is 1. The number of imidazole rings is 1. The second-order valence-electron chi connectivity index (χ2n) is 7.54. The van der Waals surface area contributed by atoms with Crippen molar-refractivity contribution in [1.29, 1.82) is 0 Å². The Balaban J connectivity index is 1.69. The van der Waals surface area contributed by atoms with Gasteiger partial charge in [0.05, 0.1) is 25.6 Å². The molecule has 3 rings (SSSR count). The van der Waals surface area contributed by atoms with Crippen LogP contribution >= 0.6 is 0 Å². The molecule has 0 spiro atoms. The smallest absolute Gasteiger partial charge is 0.165 e. The van der Waals surface area contributed by atoms with Gasteiger partial charge in [-0.2, -0.15) is 0 Å². The number of benzene rings is 1. The summed E-state index contributed by atoms with van der Waals surface area (Å²) in [6.45, 7) is 7.99. The quantitative estimate of drug-likeness (QED) is 0.771. The van der Waals surface area contributed by atoms with Gasteiger partial charge in [0.15, 0.2) is 11.5 Å². The van der Waals surface area contributed by atoms with Gasteiger partial charge in [-0.25, -0.2) is 4.98 Å². The van der Waals surface area contributed by atoms with E-state index >= 15 is 0 Å². The summed E-state index contributed by atoms with van der Waals surface area (Å²) in [5, 5.41) is 10.6. The Hall–Kier alpha value is -2.05. The third kappa shape index (κ3) is 4.82. The molecule has 2 heterocycles. The Labute approximate surface area is 161 Å². The van der Waals surface area contributed by atoms with Crippen LogP contribution in [0.5, 0.6) is 11.5 Å². The SMILES string of the molecule is CC[C@H]1CN(Cc2cccc(OC)c2OCCn2ccnc2)CC[C@@]1(C)O. The fourth-order valence-corrected chi connectivity index (χ4v) is 3.82. The minimum Gasteiger partial charge on any atom is -0.493 e. The first kappa shape index (κ1) is 19.7. The van der Waals surface area contributed by atoms with Gasteiger partial charge in [-0.3, -0.25) is 4.90 Å². The minimum absolute atomic E-state index is 0.294. The molecule has 27 heavy (non-hydrogen) atoms. The van der Waals surface area contributed by atoms with Crippen molar-refractivity contribution in [3.05, 3.63) is 42.5 Å². The predicted molar refractivity (Wildman–Crippen MR) is 105 cm³/mol. The first-order chi connectivity index (χ1) is 13.0. The summed E-state index contributed by atoms with van der Waals surface area (Å²) in [7, 11) is 1.67. The number of hydrogen-bond donors (Lipinski definition) is 1. The molecule has 2 aromatic rings. The van der Waals surface area contributed by atoms with E-state index in [1.807, 2.05) is 29.8 Å². The van der Waals surface area contributed by atoms with E-state index in [0.29, 0.717) is 12.5 Å². The standard InChI is InChI=1S/C21H31N3O3/c1-4-18-15-24(10-8-21(18,2)25)14-17-6-5-7-19(26-3)20(17)27-13-12-23-11-9-22-16-23/h5-7,9,11,16,18,25H,4,8,10,12-15H2,1-3H3/t18-,21+/m0/s1. The van der Waals surface area contributed by atoms with Crippen LogP contribution in [0, 0.1) is 5.92 Å². The van der Waals surface area contributed by atoms with Gasteiger partial charge in [0, 0.05) is 37.6 Å². The molecule has 1 fully saturated rings. The van der Waals surface area contributed by atoms with E-state index in [0.717, 1.165) is 56.1 Å². The number of piperidine rings is 1. The number of rotatable bonds is 8. The van der Waals surface area contributed by atoms with Gasteiger partial charge in [0.25, 0.3) is 0 Å². The van der Waals surface area contributed by atoms with Crippen molar-refractivity contribution in [3.8, 4) is 11.5 Å². The van der Waals surface area contributed by atoms with Crippen molar-refractivity contribution in [1.82, 2.24) is 14.5 Å². The number of hydrogen-bond acceptors (Lipinski definition) is 5. The Bertz CT molecular complexity index is 715. The number of para-hydroxylation sites is 1. The third-order valence-electron chi connectivity index (χ3n) is 5.61. The highest BCUT2D eigenvalue weighted by Crippen LogP contribution is 2.35. The Morgan fingerprint density at radius 3 is 2.93 bits per heavy atom.